The summed E-state index contributed by atoms with van der Waals surface area (Å²) in [6.45, 7) is 1.89. The molecule has 2 heterocycles. The van der Waals surface area contributed by atoms with Crippen molar-refractivity contribution in [1.82, 2.24) is 4.98 Å². The number of nitriles is 1. The Hall–Kier alpha value is -1.61. The zero-order valence-corrected chi connectivity index (χ0v) is 10.1. The first-order valence-corrected chi connectivity index (χ1v) is 5.52. The predicted molar refractivity (Wildman–Crippen MR) is 62.7 cm³/mol. The molecule has 1 amide bonds. The van der Waals surface area contributed by atoms with Crippen molar-refractivity contribution in [3.63, 3.8) is 0 Å². The van der Waals surface area contributed by atoms with Crippen molar-refractivity contribution >= 4 is 33.3 Å². The van der Waals surface area contributed by atoms with Crippen LogP contribution in [0.1, 0.15) is 30.4 Å². The molecule has 0 bridgehead atoms. The van der Waals surface area contributed by atoms with Crippen molar-refractivity contribution in [1.29, 1.82) is 5.26 Å². The smallest absolute Gasteiger partial charge is 0.225 e. The van der Waals surface area contributed by atoms with Crippen LogP contribution in [0.2, 0.25) is 0 Å². The van der Waals surface area contributed by atoms with Crippen molar-refractivity contribution in [2.24, 2.45) is 0 Å². The first kappa shape index (κ1) is 10.9. The Bertz CT molecular complexity index is 521. The van der Waals surface area contributed by atoms with Crippen molar-refractivity contribution in [2.75, 3.05) is 11.1 Å². The van der Waals surface area contributed by atoms with Gasteiger partial charge in [-0.25, -0.2) is 4.98 Å². The van der Waals surface area contributed by atoms with E-state index in [-0.39, 0.29) is 11.8 Å². The standard InChI is InChI=1S/C10H9BrN4O/c1-4-2-6(16)14-8-5(3-12)9(11)15-10(13)7(4)8/h4H,2H2,1H3,(H2,13,15)(H,14,16)/t4-/m0/s1. The number of halogens is 1. The maximum Gasteiger partial charge on any atom is 0.225 e. The molecule has 5 nitrogen and oxygen atoms in total. The van der Waals surface area contributed by atoms with Gasteiger partial charge in [-0.2, -0.15) is 5.26 Å². The molecule has 1 atom stereocenters. The maximum absolute atomic E-state index is 11.4. The lowest BCUT2D eigenvalue weighted by molar-refractivity contribution is -0.116. The number of amides is 1. The molecule has 0 aliphatic carbocycles. The lowest BCUT2D eigenvalue weighted by Crippen LogP contribution is -2.24. The SMILES string of the molecule is C[C@H]1CC(=O)Nc2c(C#N)c(Br)nc(N)c21. The number of fused-ring (bicyclic) bond motifs is 1. The van der Waals surface area contributed by atoms with E-state index >= 15 is 0 Å². The third kappa shape index (κ3) is 1.53. The van der Waals surface area contributed by atoms with Crippen LogP contribution in [0.15, 0.2) is 4.60 Å². The quantitative estimate of drug-likeness (QED) is 0.708. The third-order valence-electron chi connectivity index (χ3n) is 2.58. The number of carbonyl (C=O) groups is 1. The number of aromatic nitrogens is 1. The summed E-state index contributed by atoms with van der Waals surface area (Å²) in [5.74, 6) is 0.235. The van der Waals surface area contributed by atoms with E-state index in [1.54, 1.807) is 0 Å². The second-order valence-corrected chi connectivity index (χ2v) is 4.47. The number of rotatable bonds is 0. The van der Waals surface area contributed by atoms with Crippen LogP contribution in [-0.2, 0) is 4.79 Å². The Morgan fingerprint density at radius 3 is 3.00 bits per heavy atom. The predicted octanol–water partition coefficient (Wildman–Crippen LogP) is 1.74. The largest absolute Gasteiger partial charge is 0.383 e. The molecule has 82 valence electrons. The molecule has 0 unspecified atom stereocenters. The molecular weight excluding hydrogens is 272 g/mol. The van der Waals surface area contributed by atoms with E-state index in [4.69, 9.17) is 11.0 Å². The van der Waals surface area contributed by atoms with Crippen LogP contribution in [0.25, 0.3) is 0 Å². The van der Waals surface area contributed by atoms with Crippen LogP contribution in [0, 0.1) is 11.3 Å². The van der Waals surface area contributed by atoms with Gasteiger partial charge in [0.05, 0.1) is 5.69 Å². The van der Waals surface area contributed by atoms with Gasteiger partial charge in [0.1, 0.15) is 22.1 Å². The number of anilines is 2. The van der Waals surface area contributed by atoms with E-state index in [0.29, 0.717) is 28.1 Å². The van der Waals surface area contributed by atoms with E-state index in [2.05, 4.69) is 26.2 Å². The molecule has 1 aliphatic rings. The number of nitrogens with zero attached hydrogens (tertiary/aromatic N) is 2. The molecule has 0 saturated carbocycles. The van der Waals surface area contributed by atoms with Gasteiger partial charge in [-0.3, -0.25) is 4.79 Å². The molecular formula is C10H9BrN4O. The fourth-order valence-electron chi connectivity index (χ4n) is 1.89. The molecule has 0 spiro atoms. The monoisotopic (exact) mass is 280 g/mol. The number of nitrogens with one attached hydrogen (secondary N) is 1. The molecule has 0 fully saturated rings. The summed E-state index contributed by atoms with van der Waals surface area (Å²) in [5, 5.41) is 11.7. The van der Waals surface area contributed by atoms with Crippen LogP contribution in [0.3, 0.4) is 0 Å². The second-order valence-electron chi connectivity index (χ2n) is 3.72. The molecule has 0 radical (unpaired) electrons. The lowest BCUT2D eigenvalue weighted by Gasteiger charge is -2.24. The Morgan fingerprint density at radius 2 is 2.38 bits per heavy atom. The highest BCUT2D eigenvalue weighted by atomic mass is 79.9. The Labute approximate surface area is 101 Å². The first-order chi connectivity index (χ1) is 7.54. The molecule has 3 N–H and O–H groups in total. The van der Waals surface area contributed by atoms with Crippen LogP contribution < -0.4 is 11.1 Å². The van der Waals surface area contributed by atoms with Crippen molar-refractivity contribution in [2.45, 2.75) is 19.3 Å². The Balaban J connectivity index is 2.75. The molecule has 16 heavy (non-hydrogen) atoms. The molecule has 1 aromatic rings. The van der Waals surface area contributed by atoms with Gasteiger partial charge in [-0.05, 0) is 21.8 Å². The Kier molecular flexibility index (Phi) is 2.56. The van der Waals surface area contributed by atoms with Gasteiger partial charge in [0, 0.05) is 12.0 Å². The molecule has 0 aromatic carbocycles. The van der Waals surface area contributed by atoms with Crippen LogP contribution in [0.4, 0.5) is 11.5 Å². The minimum Gasteiger partial charge on any atom is -0.383 e. The van der Waals surface area contributed by atoms with Gasteiger partial charge in [0.15, 0.2) is 0 Å². The summed E-state index contributed by atoms with van der Waals surface area (Å²) in [6.07, 6.45) is 0.366. The number of nitrogen functional groups attached to an aromatic ring is 1. The number of hydrogen-bond acceptors (Lipinski definition) is 4. The fraction of sp³-hybridized carbons (Fsp3) is 0.300. The number of pyridine rings is 1. The van der Waals surface area contributed by atoms with E-state index in [0.717, 1.165) is 5.56 Å². The number of nitrogens with two attached hydrogens (primary N) is 1. The highest BCUT2D eigenvalue weighted by Crippen LogP contribution is 2.39. The summed E-state index contributed by atoms with van der Waals surface area (Å²) in [6, 6.07) is 2.01. The van der Waals surface area contributed by atoms with Crippen LogP contribution >= 0.6 is 15.9 Å². The summed E-state index contributed by atoms with van der Waals surface area (Å²) < 4.78 is 0.362. The third-order valence-corrected chi connectivity index (χ3v) is 3.15. The van der Waals surface area contributed by atoms with E-state index in [1.165, 1.54) is 0 Å². The molecule has 2 rings (SSSR count). The zero-order chi connectivity index (χ0) is 11.9. The minimum absolute atomic E-state index is 0.0172. The maximum atomic E-state index is 11.4. The average Bonchev–Trinajstić information content (AvgIpc) is 2.15. The average molecular weight is 281 g/mol. The van der Waals surface area contributed by atoms with Gasteiger partial charge in [0.25, 0.3) is 0 Å². The van der Waals surface area contributed by atoms with Gasteiger partial charge in [-0.1, -0.05) is 6.92 Å². The van der Waals surface area contributed by atoms with Gasteiger partial charge < -0.3 is 11.1 Å². The molecule has 1 aliphatic heterocycles. The molecule has 0 saturated heterocycles. The van der Waals surface area contributed by atoms with Crippen LogP contribution in [0.5, 0.6) is 0 Å². The van der Waals surface area contributed by atoms with E-state index < -0.39 is 0 Å². The molecule has 6 heteroatoms. The number of hydrogen-bond donors (Lipinski definition) is 2. The van der Waals surface area contributed by atoms with Crippen molar-refractivity contribution in [3.8, 4) is 6.07 Å². The number of carbonyl (C=O) groups excluding carboxylic acids is 1. The van der Waals surface area contributed by atoms with E-state index in [1.807, 2.05) is 13.0 Å². The van der Waals surface area contributed by atoms with Crippen molar-refractivity contribution < 1.29 is 4.79 Å². The van der Waals surface area contributed by atoms with Gasteiger partial charge in [-0.15, -0.1) is 0 Å². The lowest BCUT2D eigenvalue weighted by atomic mass is 9.91. The highest BCUT2D eigenvalue weighted by Gasteiger charge is 2.28. The summed E-state index contributed by atoms with van der Waals surface area (Å²) in [7, 11) is 0. The van der Waals surface area contributed by atoms with Crippen LogP contribution in [-0.4, -0.2) is 10.9 Å². The topological polar surface area (TPSA) is 91.8 Å². The Morgan fingerprint density at radius 1 is 1.69 bits per heavy atom. The van der Waals surface area contributed by atoms with Gasteiger partial charge in [0.2, 0.25) is 5.91 Å². The minimum atomic E-state index is -0.103. The van der Waals surface area contributed by atoms with E-state index in [9.17, 15) is 4.79 Å². The van der Waals surface area contributed by atoms with Gasteiger partial charge >= 0.3 is 0 Å². The highest BCUT2D eigenvalue weighted by molar-refractivity contribution is 9.10. The second kappa shape index (κ2) is 3.76. The summed E-state index contributed by atoms with van der Waals surface area (Å²) in [5.41, 5.74) is 7.36. The summed E-state index contributed by atoms with van der Waals surface area (Å²) >= 11 is 3.16. The molecule has 1 aromatic heterocycles. The normalized spacial score (nSPS) is 18.6. The zero-order valence-electron chi connectivity index (χ0n) is 8.54. The summed E-state index contributed by atoms with van der Waals surface area (Å²) in [4.78, 5) is 15.5. The fourth-order valence-corrected chi connectivity index (χ4v) is 2.37. The first-order valence-electron chi connectivity index (χ1n) is 4.73. The van der Waals surface area contributed by atoms with Crippen molar-refractivity contribution in [3.05, 3.63) is 15.7 Å².